The molecule has 0 saturated carbocycles. The molecule has 0 radical (unpaired) electrons. The molecule has 1 aromatic carbocycles. The van der Waals surface area contributed by atoms with Crippen molar-refractivity contribution in [3.05, 3.63) is 51.5 Å². The molecule has 0 fully saturated rings. The molecule has 0 heterocycles. The number of rotatable bonds is 3. The Labute approximate surface area is 144 Å². The predicted molar refractivity (Wildman–Crippen MR) is 91.6 cm³/mol. The van der Waals surface area contributed by atoms with Crippen LogP contribution in [0.25, 0.3) is 6.08 Å². The van der Waals surface area contributed by atoms with Crippen molar-refractivity contribution in [1.29, 1.82) is 0 Å². The minimum atomic E-state index is -1.42. The van der Waals surface area contributed by atoms with Crippen LogP contribution in [0.3, 0.4) is 0 Å². The molecule has 0 N–H and O–H groups in total. The van der Waals surface area contributed by atoms with Crippen LogP contribution >= 0.6 is 15.9 Å². The molecule has 0 saturated heterocycles. The second-order valence-corrected chi connectivity index (χ2v) is 6.25. The molecule has 0 atom stereocenters. The van der Waals surface area contributed by atoms with Gasteiger partial charge in [0.05, 0.1) is 14.2 Å². The van der Waals surface area contributed by atoms with Gasteiger partial charge in [-0.3, -0.25) is 9.59 Å². The molecule has 0 spiro atoms. The maximum absolute atomic E-state index is 12.5. The summed E-state index contributed by atoms with van der Waals surface area (Å²) < 4.78 is 10.8. The number of benzene rings is 1. The Morgan fingerprint density at radius 2 is 1.78 bits per heavy atom. The highest BCUT2D eigenvalue weighted by Crippen LogP contribution is 2.44. The van der Waals surface area contributed by atoms with Gasteiger partial charge in [0.2, 0.25) is 0 Å². The topological polar surface area (TPSA) is 52.6 Å². The van der Waals surface area contributed by atoms with E-state index in [1.807, 2.05) is 43.3 Å². The Bertz CT molecular complexity index is 672. The van der Waals surface area contributed by atoms with Crippen LogP contribution in [0.15, 0.2) is 46.0 Å². The minimum absolute atomic E-state index is 0.333. The molecule has 0 amide bonds. The third-order valence-corrected chi connectivity index (χ3v) is 4.85. The molecule has 1 aromatic rings. The summed E-state index contributed by atoms with van der Waals surface area (Å²) in [5.74, 6) is -1.18. The van der Waals surface area contributed by atoms with Crippen molar-refractivity contribution >= 4 is 33.9 Å². The van der Waals surface area contributed by atoms with Gasteiger partial charge < -0.3 is 9.47 Å². The summed E-state index contributed by atoms with van der Waals surface area (Å²) in [6.07, 6.45) is 4.82. The molecule has 4 nitrogen and oxygen atoms in total. The Hall–Kier alpha value is -1.88. The van der Waals surface area contributed by atoms with E-state index in [0.29, 0.717) is 18.4 Å². The van der Waals surface area contributed by atoms with Gasteiger partial charge in [-0.2, -0.15) is 0 Å². The van der Waals surface area contributed by atoms with Crippen LogP contribution < -0.4 is 0 Å². The zero-order valence-corrected chi connectivity index (χ0v) is 15.0. The molecular weight excluding hydrogens is 360 g/mol. The Morgan fingerprint density at radius 1 is 1.17 bits per heavy atom. The van der Waals surface area contributed by atoms with Crippen LogP contribution in [0.2, 0.25) is 0 Å². The fourth-order valence-corrected chi connectivity index (χ4v) is 3.33. The maximum Gasteiger partial charge on any atom is 0.327 e. The standard InChI is InChI=1S/C18H19BrO4/c1-12-7-6-10-18(16(20)22-2,17(21)23-3)14(12)11-13-8-4-5-9-15(13)19/h4-5,7-9,11H,6,10H2,1-3H3/b14-11+. The second kappa shape index (κ2) is 7.13. The SMILES string of the molecule is COC(=O)C1(C(=O)OC)CCC=C(C)/C1=C\c1ccccc1Br. The molecule has 2 rings (SSSR count). The first-order valence-electron chi connectivity index (χ1n) is 7.28. The van der Waals surface area contributed by atoms with Crippen LogP contribution in [0.5, 0.6) is 0 Å². The lowest BCUT2D eigenvalue weighted by Gasteiger charge is -2.34. The highest BCUT2D eigenvalue weighted by Gasteiger charge is 2.52. The van der Waals surface area contributed by atoms with Crippen LogP contribution in [-0.2, 0) is 19.1 Å². The zero-order valence-electron chi connectivity index (χ0n) is 13.4. The van der Waals surface area contributed by atoms with Crippen molar-refractivity contribution in [2.24, 2.45) is 5.41 Å². The molecule has 0 unspecified atom stereocenters. The molecule has 5 heteroatoms. The third-order valence-electron chi connectivity index (χ3n) is 4.13. The lowest BCUT2D eigenvalue weighted by Crippen LogP contribution is -2.44. The summed E-state index contributed by atoms with van der Waals surface area (Å²) in [5, 5.41) is 0. The molecule has 0 aliphatic heterocycles. The predicted octanol–water partition coefficient (Wildman–Crippen LogP) is 3.91. The number of methoxy groups -OCH3 is 2. The minimum Gasteiger partial charge on any atom is -0.468 e. The number of carbonyl (C=O) groups is 2. The summed E-state index contributed by atoms with van der Waals surface area (Å²) in [6.45, 7) is 1.89. The lowest BCUT2D eigenvalue weighted by molar-refractivity contribution is -0.166. The van der Waals surface area contributed by atoms with Gasteiger partial charge in [-0.1, -0.05) is 45.8 Å². The van der Waals surface area contributed by atoms with Gasteiger partial charge in [-0.15, -0.1) is 0 Å². The molecule has 122 valence electrons. The van der Waals surface area contributed by atoms with E-state index < -0.39 is 17.4 Å². The Kier molecular flexibility index (Phi) is 5.42. The Morgan fingerprint density at radius 3 is 2.35 bits per heavy atom. The van der Waals surface area contributed by atoms with Crippen molar-refractivity contribution in [1.82, 2.24) is 0 Å². The van der Waals surface area contributed by atoms with E-state index in [0.717, 1.165) is 15.6 Å². The maximum atomic E-state index is 12.5. The average molecular weight is 379 g/mol. The summed E-state index contributed by atoms with van der Waals surface area (Å²) in [4.78, 5) is 25.0. The van der Waals surface area contributed by atoms with Crippen molar-refractivity contribution in [2.75, 3.05) is 14.2 Å². The number of hydrogen-bond acceptors (Lipinski definition) is 4. The van der Waals surface area contributed by atoms with Crippen LogP contribution in [-0.4, -0.2) is 26.2 Å². The number of carbonyl (C=O) groups excluding carboxylic acids is 2. The summed E-state index contributed by atoms with van der Waals surface area (Å²) in [5.41, 5.74) is 0.962. The van der Waals surface area contributed by atoms with Gasteiger partial charge in [0.15, 0.2) is 5.41 Å². The summed E-state index contributed by atoms with van der Waals surface area (Å²) in [6, 6.07) is 7.63. The van der Waals surface area contributed by atoms with E-state index in [1.54, 1.807) is 0 Å². The first-order valence-corrected chi connectivity index (χ1v) is 8.07. The van der Waals surface area contributed by atoms with E-state index in [2.05, 4.69) is 15.9 Å². The van der Waals surface area contributed by atoms with Gasteiger partial charge in [-0.05, 0) is 43.0 Å². The highest BCUT2D eigenvalue weighted by molar-refractivity contribution is 9.10. The highest BCUT2D eigenvalue weighted by atomic mass is 79.9. The van der Waals surface area contributed by atoms with E-state index in [4.69, 9.17) is 9.47 Å². The van der Waals surface area contributed by atoms with Gasteiger partial charge in [0, 0.05) is 4.47 Å². The molecule has 0 bridgehead atoms. The fraction of sp³-hybridized carbons (Fsp3) is 0.333. The van der Waals surface area contributed by atoms with Gasteiger partial charge in [0.1, 0.15) is 0 Å². The van der Waals surface area contributed by atoms with Crippen LogP contribution in [0.1, 0.15) is 25.3 Å². The van der Waals surface area contributed by atoms with Crippen molar-refractivity contribution in [3.8, 4) is 0 Å². The zero-order chi connectivity index (χ0) is 17.0. The monoisotopic (exact) mass is 378 g/mol. The number of ether oxygens (including phenoxy) is 2. The van der Waals surface area contributed by atoms with Crippen molar-refractivity contribution in [2.45, 2.75) is 19.8 Å². The Balaban J connectivity index is 2.69. The molecule has 23 heavy (non-hydrogen) atoms. The van der Waals surface area contributed by atoms with Gasteiger partial charge >= 0.3 is 11.9 Å². The van der Waals surface area contributed by atoms with E-state index in [1.165, 1.54) is 14.2 Å². The first kappa shape index (κ1) is 17.5. The number of halogens is 1. The smallest absolute Gasteiger partial charge is 0.327 e. The average Bonchev–Trinajstić information content (AvgIpc) is 2.57. The molecular formula is C18H19BrO4. The van der Waals surface area contributed by atoms with E-state index >= 15 is 0 Å². The molecule has 1 aliphatic carbocycles. The lowest BCUT2D eigenvalue weighted by atomic mass is 9.69. The summed E-state index contributed by atoms with van der Waals surface area (Å²) in [7, 11) is 2.58. The van der Waals surface area contributed by atoms with Gasteiger partial charge in [-0.25, -0.2) is 0 Å². The molecule has 0 aromatic heterocycles. The molecule has 1 aliphatic rings. The number of allylic oxidation sites excluding steroid dienone is 2. The van der Waals surface area contributed by atoms with Crippen LogP contribution in [0, 0.1) is 5.41 Å². The van der Waals surface area contributed by atoms with Crippen LogP contribution in [0.4, 0.5) is 0 Å². The normalized spacial score (nSPS) is 18.3. The summed E-state index contributed by atoms with van der Waals surface area (Å²) >= 11 is 3.49. The van der Waals surface area contributed by atoms with E-state index in [9.17, 15) is 9.59 Å². The van der Waals surface area contributed by atoms with E-state index in [-0.39, 0.29) is 0 Å². The largest absolute Gasteiger partial charge is 0.468 e. The van der Waals surface area contributed by atoms with Crippen molar-refractivity contribution in [3.63, 3.8) is 0 Å². The third kappa shape index (κ3) is 3.11. The number of esters is 2. The first-order chi connectivity index (χ1) is 11.0. The fourth-order valence-electron chi connectivity index (χ4n) is 2.93. The quantitative estimate of drug-likeness (QED) is 0.590. The second-order valence-electron chi connectivity index (χ2n) is 5.39. The van der Waals surface area contributed by atoms with Gasteiger partial charge in [0.25, 0.3) is 0 Å². The number of hydrogen-bond donors (Lipinski definition) is 0. The van der Waals surface area contributed by atoms with Crippen molar-refractivity contribution < 1.29 is 19.1 Å².